The molecular weight excluding hydrogens is 306 g/mol. The fourth-order valence-electron chi connectivity index (χ4n) is 3.04. The fourth-order valence-corrected chi connectivity index (χ4v) is 3.04. The van der Waals surface area contributed by atoms with Crippen LogP contribution < -0.4 is 10.1 Å². The van der Waals surface area contributed by atoms with Gasteiger partial charge in [-0.25, -0.2) is 0 Å². The van der Waals surface area contributed by atoms with Crippen LogP contribution in [0.4, 0.5) is 0 Å². The first-order valence-corrected chi connectivity index (χ1v) is 7.97. The Hall–Kier alpha value is -2.76. The topological polar surface area (TPSA) is 63.6 Å². The summed E-state index contributed by atoms with van der Waals surface area (Å²) in [7, 11) is 1.55. The van der Waals surface area contributed by atoms with E-state index in [0.717, 1.165) is 12.2 Å². The maximum atomic E-state index is 12.5. The number of nitrogens with one attached hydrogen (secondary N) is 1. The van der Waals surface area contributed by atoms with Crippen LogP contribution in [0.15, 0.2) is 42.6 Å². The predicted octanol–water partition coefficient (Wildman–Crippen LogP) is 1.83. The van der Waals surface area contributed by atoms with Crippen molar-refractivity contribution in [1.29, 1.82) is 0 Å². The molecule has 2 heterocycles. The molecule has 6 nitrogen and oxygen atoms in total. The second-order valence-electron chi connectivity index (χ2n) is 5.80. The van der Waals surface area contributed by atoms with Gasteiger partial charge in [-0.05, 0) is 37.3 Å². The zero-order chi connectivity index (χ0) is 17.1. The first-order chi connectivity index (χ1) is 11.6. The Labute approximate surface area is 141 Å². The van der Waals surface area contributed by atoms with E-state index in [1.165, 1.54) is 0 Å². The van der Waals surface area contributed by atoms with Crippen LogP contribution in [0, 0.1) is 0 Å². The number of rotatable bonds is 4. The van der Waals surface area contributed by atoms with Crippen molar-refractivity contribution in [1.82, 2.24) is 14.8 Å². The molecule has 1 unspecified atom stereocenters. The molecule has 6 heteroatoms. The highest BCUT2D eigenvalue weighted by Gasteiger charge is 2.27. The van der Waals surface area contributed by atoms with Crippen molar-refractivity contribution in [3.63, 3.8) is 0 Å². The van der Waals surface area contributed by atoms with E-state index in [1.54, 1.807) is 36.3 Å². The summed E-state index contributed by atoms with van der Waals surface area (Å²) < 4.78 is 7.26. The molecule has 0 bridgehead atoms. The minimum atomic E-state index is -0.282. The zero-order valence-electron chi connectivity index (χ0n) is 13.9. The van der Waals surface area contributed by atoms with Crippen LogP contribution in [-0.4, -0.2) is 41.5 Å². The van der Waals surface area contributed by atoms with Crippen LogP contribution >= 0.6 is 0 Å². The van der Waals surface area contributed by atoms with Gasteiger partial charge in [0, 0.05) is 30.5 Å². The normalized spacial score (nSPS) is 16.4. The van der Waals surface area contributed by atoms with Gasteiger partial charge in [0.25, 0.3) is 5.91 Å². The van der Waals surface area contributed by atoms with E-state index in [9.17, 15) is 9.59 Å². The maximum Gasteiger partial charge on any atom is 0.251 e. The Kier molecular flexibility index (Phi) is 4.55. The summed E-state index contributed by atoms with van der Waals surface area (Å²) in [5.41, 5.74) is 1.59. The molecule has 0 spiro atoms. The zero-order valence-corrected chi connectivity index (χ0v) is 13.9. The lowest BCUT2D eigenvalue weighted by Gasteiger charge is -2.35. The van der Waals surface area contributed by atoms with Crippen molar-refractivity contribution < 1.29 is 14.3 Å². The van der Waals surface area contributed by atoms with Crippen LogP contribution in [0.2, 0.25) is 0 Å². The van der Waals surface area contributed by atoms with Crippen molar-refractivity contribution >= 4 is 11.8 Å². The monoisotopic (exact) mass is 327 g/mol. The highest BCUT2D eigenvalue weighted by Crippen LogP contribution is 2.25. The van der Waals surface area contributed by atoms with Gasteiger partial charge in [-0.2, -0.15) is 0 Å². The summed E-state index contributed by atoms with van der Waals surface area (Å²) >= 11 is 0. The van der Waals surface area contributed by atoms with Gasteiger partial charge in [0.15, 0.2) is 0 Å². The first-order valence-electron chi connectivity index (χ1n) is 7.97. The lowest BCUT2D eigenvalue weighted by atomic mass is 10.1. The molecule has 0 saturated heterocycles. The predicted molar refractivity (Wildman–Crippen MR) is 89.9 cm³/mol. The van der Waals surface area contributed by atoms with Gasteiger partial charge in [-0.15, -0.1) is 0 Å². The van der Waals surface area contributed by atoms with Crippen molar-refractivity contribution in [3.8, 4) is 5.75 Å². The smallest absolute Gasteiger partial charge is 0.251 e. The van der Waals surface area contributed by atoms with Crippen LogP contribution in [0.5, 0.6) is 5.75 Å². The lowest BCUT2D eigenvalue weighted by molar-refractivity contribution is -0.133. The Morgan fingerprint density at radius 2 is 2.08 bits per heavy atom. The number of hydrogen-bond acceptors (Lipinski definition) is 3. The van der Waals surface area contributed by atoms with Gasteiger partial charge < -0.3 is 19.5 Å². The van der Waals surface area contributed by atoms with Gasteiger partial charge in [0.2, 0.25) is 5.91 Å². The standard InChI is InChI=1S/C18H21N3O3/c1-13-16-7-4-8-20(16)9-10-21(13)17(22)12-19-18(23)14-5-3-6-15(11-14)24-2/h3-8,11,13H,9-10,12H2,1-2H3,(H,19,23). The van der Waals surface area contributed by atoms with Gasteiger partial charge in [-0.3, -0.25) is 9.59 Å². The number of amides is 2. The molecule has 0 aliphatic carbocycles. The molecule has 0 saturated carbocycles. The van der Waals surface area contributed by atoms with Gasteiger partial charge >= 0.3 is 0 Å². The molecule has 1 aliphatic rings. The molecule has 24 heavy (non-hydrogen) atoms. The Bertz CT molecular complexity index is 753. The summed E-state index contributed by atoms with van der Waals surface area (Å²) in [5.74, 6) is 0.251. The molecule has 3 rings (SSSR count). The molecule has 1 atom stereocenters. The minimum absolute atomic E-state index is 0.00923. The molecule has 1 aliphatic heterocycles. The second-order valence-corrected chi connectivity index (χ2v) is 5.80. The van der Waals surface area contributed by atoms with E-state index < -0.39 is 0 Å². The number of nitrogens with zero attached hydrogens (tertiary/aromatic N) is 2. The maximum absolute atomic E-state index is 12.5. The molecule has 0 fully saturated rings. The molecule has 2 amide bonds. The number of benzene rings is 1. The minimum Gasteiger partial charge on any atom is -0.497 e. The number of ether oxygens (including phenoxy) is 1. The van der Waals surface area contributed by atoms with Crippen molar-refractivity contribution in [2.24, 2.45) is 0 Å². The molecule has 0 radical (unpaired) electrons. The van der Waals surface area contributed by atoms with Crippen LogP contribution in [-0.2, 0) is 11.3 Å². The Morgan fingerprint density at radius 3 is 2.88 bits per heavy atom. The SMILES string of the molecule is COc1cccc(C(=O)NCC(=O)N2CCn3cccc3C2C)c1. The van der Waals surface area contributed by atoms with Gasteiger partial charge in [-0.1, -0.05) is 6.07 Å². The molecule has 1 aromatic heterocycles. The number of hydrogen-bond donors (Lipinski definition) is 1. The summed E-state index contributed by atoms with van der Waals surface area (Å²) in [6.07, 6.45) is 2.03. The third kappa shape index (κ3) is 3.13. The van der Waals surface area contributed by atoms with Gasteiger partial charge in [0.1, 0.15) is 5.75 Å². The fraction of sp³-hybridized carbons (Fsp3) is 0.333. The van der Waals surface area contributed by atoms with E-state index in [1.807, 2.05) is 25.3 Å². The lowest BCUT2D eigenvalue weighted by Crippen LogP contribution is -2.45. The van der Waals surface area contributed by atoms with E-state index >= 15 is 0 Å². The molecule has 126 valence electrons. The summed E-state index contributed by atoms with van der Waals surface area (Å²) in [6.45, 7) is 3.42. The number of carbonyl (C=O) groups excluding carboxylic acids is 2. The highest BCUT2D eigenvalue weighted by molar-refractivity contribution is 5.96. The molecular formula is C18H21N3O3. The number of fused-ring (bicyclic) bond motifs is 1. The first kappa shape index (κ1) is 16.1. The largest absolute Gasteiger partial charge is 0.497 e. The number of methoxy groups -OCH3 is 1. The average molecular weight is 327 g/mol. The second kappa shape index (κ2) is 6.78. The van der Waals surface area contributed by atoms with E-state index in [4.69, 9.17) is 4.74 Å². The summed E-state index contributed by atoms with van der Waals surface area (Å²) in [6, 6.07) is 10.9. The third-order valence-electron chi connectivity index (χ3n) is 4.39. The van der Waals surface area contributed by atoms with E-state index in [2.05, 4.69) is 9.88 Å². The molecule has 1 N–H and O–H groups in total. The Balaban J connectivity index is 1.60. The third-order valence-corrected chi connectivity index (χ3v) is 4.39. The van der Waals surface area contributed by atoms with Crippen LogP contribution in [0.1, 0.15) is 29.0 Å². The van der Waals surface area contributed by atoms with Crippen molar-refractivity contribution in [2.45, 2.75) is 19.5 Å². The van der Waals surface area contributed by atoms with Crippen LogP contribution in [0.25, 0.3) is 0 Å². The van der Waals surface area contributed by atoms with E-state index in [-0.39, 0.29) is 24.4 Å². The van der Waals surface area contributed by atoms with E-state index in [0.29, 0.717) is 17.9 Å². The van der Waals surface area contributed by atoms with Gasteiger partial charge in [0.05, 0.1) is 19.7 Å². The summed E-state index contributed by atoms with van der Waals surface area (Å²) in [5, 5.41) is 2.69. The number of carbonyl (C=O) groups is 2. The highest BCUT2D eigenvalue weighted by atomic mass is 16.5. The van der Waals surface area contributed by atoms with Crippen molar-refractivity contribution in [2.75, 3.05) is 20.2 Å². The van der Waals surface area contributed by atoms with Crippen molar-refractivity contribution in [3.05, 3.63) is 53.9 Å². The molecule has 2 aromatic rings. The molecule has 1 aromatic carbocycles. The summed E-state index contributed by atoms with van der Waals surface area (Å²) in [4.78, 5) is 26.5. The number of aromatic nitrogens is 1. The average Bonchev–Trinajstić information content (AvgIpc) is 3.09. The van der Waals surface area contributed by atoms with Crippen LogP contribution in [0.3, 0.4) is 0 Å². The Morgan fingerprint density at radius 1 is 1.25 bits per heavy atom. The quantitative estimate of drug-likeness (QED) is 0.932.